The van der Waals surface area contributed by atoms with Gasteiger partial charge in [0.2, 0.25) is 0 Å². The third kappa shape index (κ3) is 5.89. The summed E-state index contributed by atoms with van der Waals surface area (Å²) < 4.78 is 0. The highest BCUT2D eigenvalue weighted by molar-refractivity contribution is 7.99. The molecule has 0 aromatic heterocycles. The van der Waals surface area contributed by atoms with Gasteiger partial charge in [0.15, 0.2) is 0 Å². The zero-order valence-corrected chi connectivity index (χ0v) is 12.2. The fourth-order valence-corrected chi connectivity index (χ4v) is 2.65. The Morgan fingerprint density at radius 2 is 1.94 bits per heavy atom. The minimum Gasteiger partial charge on any atom is -0.395 e. The lowest BCUT2D eigenvalue weighted by Crippen LogP contribution is -2.38. The van der Waals surface area contributed by atoms with E-state index in [1.54, 1.807) is 11.8 Å². The van der Waals surface area contributed by atoms with Crippen molar-refractivity contribution < 1.29 is 5.11 Å². The molecule has 0 fully saturated rings. The Kier molecular flexibility index (Phi) is 8.14. The predicted octanol–water partition coefficient (Wildman–Crippen LogP) is 2.71. The summed E-state index contributed by atoms with van der Waals surface area (Å²) in [5.41, 5.74) is 1.42. The minimum absolute atomic E-state index is 0.249. The number of rotatable bonds is 9. The van der Waals surface area contributed by atoms with Crippen LogP contribution in [0.4, 0.5) is 0 Å². The molecule has 0 radical (unpaired) electrons. The van der Waals surface area contributed by atoms with Gasteiger partial charge in [-0.15, -0.1) is 0 Å². The molecule has 0 saturated heterocycles. The molecule has 18 heavy (non-hydrogen) atoms. The van der Waals surface area contributed by atoms with Crippen LogP contribution in [0.2, 0.25) is 0 Å². The summed E-state index contributed by atoms with van der Waals surface area (Å²) in [6.07, 6.45) is 5.61. The summed E-state index contributed by atoms with van der Waals surface area (Å²) in [7, 11) is 0. The van der Waals surface area contributed by atoms with Crippen LogP contribution in [0.5, 0.6) is 0 Å². The highest BCUT2D eigenvalue weighted by Crippen LogP contribution is 2.10. The van der Waals surface area contributed by atoms with Gasteiger partial charge in [0.1, 0.15) is 0 Å². The maximum Gasteiger partial charge on any atom is 0.0564 e. The first-order valence-corrected chi connectivity index (χ1v) is 7.97. The van der Waals surface area contributed by atoms with Crippen LogP contribution in [-0.2, 0) is 6.42 Å². The van der Waals surface area contributed by atoms with Crippen molar-refractivity contribution in [2.24, 2.45) is 0 Å². The van der Waals surface area contributed by atoms with Crippen molar-refractivity contribution in [1.29, 1.82) is 0 Å². The number of hydrogen-bond donors (Lipinski definition) is 2. The molecule has 0 aliphatic carbocycles. The van der Waals surface area contributed by atoms with Gasteiger partial charge >= 0.3 is 0 Å². The first-order valence-electron chi connectivity index (χ1n) is 6.69. The quantitative estimate of drug-likeness (QED) is 0.675. The number of benzene rings is 1. The molecular weight excluding hydrogens is 242 g/mol. The molecule has 1 rings (SSSR count). The zero-order valence-electron chi connectivity index (χ0n) is 11.4. The van der Waals surface area contributed by atoms with Gasteiger partial charge in [-0.3, -0.25) is 0 Å². The van der Waals surface area contributed by atoms with Crippen molar-refractivity contribution in [3.63, 3.8) is 0 Å². The smallest absolute Gasteiger partial charge is 0.0564 e. The van der Waals surface area contributed by atoms with Gasteiger partial charge in [0, 0.05) is 11.3 Å². The van der Waals surface area contributed by atoms with Crippen molar-refractivity contribution in [3.05, 3.63) is 35.9 Å². The molecule has 2 unspecified atom stereocenters. The zero-order chi connectivity index (χ0) is 13.2. The molecule has 2 nitrogen and oxygen atoms in total. The normalized spacial score (nSPS) is 14.4. The molecule has 0 aliphatic rings. The fraction of sp³-hybridized carbons (Fsp3) is 0.600. The number of thioether (sulfide) groups is 1. The third-order valence-electron chi connectivity index (χ3n) is 3.24. The van der Waals surface area contributed by atoms with Gasteiger partial charge in [-0.05, 0) is 44.6 Å². The van der Waals surface area contributed by atoms with E-state index < -0.39 is 0 Å². The Morgan fingerprint density at radius 3 is 2.56 bits per heavy atom. The van der Waals surface area contributed by atoms with Gasteiger partial charge in [0.05, 0.1) is 6.61 Å². The lowest BCUT2D eigenvalue weighted by Gasteiger charge is -2.21. The van der Waals surface area contributed by atoms with Gasteiger partial charge in [0.25, 0.3) is 0 Å². The van der Waals surface area contributed by atoms with Crippen LogP contribution in [-0.4, -0.2) is 35.8 Å². The van der Waals surface area contributed by atoms with Crippen LogP contribution in [0.25, 0.3) is 0 Å². The van der Waals surface area contributed by atoms with Crippen LogP contribution in [0.3, 0.4) is 0 Å². The van der Waals surface area contributed by atoms with Crippen LogP contribution in [0.15, 0.2) is 30.3 Å². The van der Waals surface area contributed by atoms with E-state index in [4.69, 9.17) is 0 Å². The van der Waals surface area contributed by atoms with Crippen LogP contribution in [0.1, 0.15) is 25.3 Å². The molecule has 2 N–H and O–H groups in total. The number of aliphatic hydroxyl groups is 1. The number of unbranched alkanes of at least 4 members (excludes halogenated alkanes) is 1. The van der Waals surface area contributed by atoms with Crippen LogP contribution in [0, 0.1) is 0 Å². The van der Waals surface area contributed by atoms with E-state index in [2.05, 4.69) is 48.8 Å². The molecule has 0 saturated carbocycles. The SMILES string of the molecule is CSC(CO)C(C)NCCCCc1ccccc1. The van der Waals surface area contributed by atoms with E-state index >= 15 is 0 Å². The van der Waals surface area contributed by atoms with Crippen molar-refractivity contribution in [2.75, 3.05) is 19.4 Å². The highest BCUT2D eigenvalue weighted by atomic mass is 32.2. The standard InChI is InChI=1S/C15H25NOS/c1-13(15(12-17)18-2)16-11-7-6-10-14-8-4-3-5-9-14/h3-5,8-9,13,15-17H,6-7,10-12H2,1-2H3. The minimum atomic E-state index is 0.249. The third-order valence-corrected chi connectivity index (χ3v) is 4.40. The molecule has 1 aromatic rings. The number of aryl methyl sites for hydroxylation is 1. The number of hydrogen-bond acceptors (Lipinski definition) is 3. The molecule has 0 heterocycles. The Balaban J connectivity index is 2.08. The summed E-state index contributed by atoms with van der Waals surface area (Å²) in [4.78, 5) is 0. The van der Waals surface area contributed by atoms with Gasteiger partial charge in [-0.2, -0.15) is 11.8 Å². The maximum atomic E-state index is 9.19. The average molecular weight is 267 g/mol. The summed E-state index contributed by atoms with van der Waals surface area (Å²) in [6, 6.07) is 11.0. The monoisotopic (exact) mass is 267 g/mol. The maximum absolute atomic E-state index is 9.19. The molecular formula is C15H25NOS. The second kappa shape index (κ2) is 9.42. The Hall–Kier alpha value is -0.510. The molecule has 2 atom stereocenters. The second-order valence-electron chi connectivity index (χ2n) is 4.64. The average Bonchev–Trinajstić information content (AvgIpc) is 2.41. The molecule has 0 bridgehead atoms. The summed E-state index contributed by atoms with van der Waals surface area (Å²) in [5, 5.41) is 13.0. The second-order valence-corrected chi connectivity index (χ2v) is 5.72. The fourth-order valence-electron chi connectivity index (χ4n) is 2.00. The van der Waals surface area contributed by atoms with Crippen LogP contribution < -0.4 is 5.32 Å². The van der Waals surface area contributed by atoms with E-state index in [1.165, 1.54) is 18.4 Å². The number of nitrogens with one attached hydrogen (secondary N) is 1. The van der Waals surface area contributed by atoms with E-state index in [-0.39, 0.29) is 6.61 Å². The molecule has 0 aliphatic heterocycles. The molecule has 1 aromatic carbocycles. The predicted molar refractivity (Wildman–Crippen MR) is 81.2 cm³/mol. The van der Waals surface area contributed by atoms with Crippen molar-refractivity contribution in [2.45, 2.75) is 37.5 Å². The summed E-state index contributed by atoms with van der Waals surface area (Å²) >= 11 is 1.73. The largest absolute Gasteiger partial charge is 0.395 e. The van der Waals surface area contributed by atoms with E-state index in [1.807, 2.05) is 0 Å². The van der Waals surface area contributed by atoms with Crippen LogP contribution >= 0.6 is 11.8 Å². The summed E-state index contributed by atoms with van der Waals surface area (Å²) in [6.45, 7) is 3.43. The first kappa shape index (κ1) is 15.5. The Bertz CT molecular complexity index is 301. The molecule has 0 spiro atoms. The van der Waals surface area contributed by atoms with Crippen molar-refractivity contribution in [3.8, 4) is 0 Å². The van der Waals surface area contributed by atoms with E-state index in [0.29, 0.717) is 11.3 Å². The van der Waals surface area contributed by atoms with E-state index in [9.17, 15) is 5.11 Å². The first-order chi connectivity index (χ1) is 8.77. The van der Waals surface area contributed by atoms with Gasteiger partial charge < -0.3 is 10.4 Å². The van der Waals surface area contributed by atoms with E-state index in [0.717, 1.165) is 13.0 Å². The highest BCUT2D eigenvalue weighted by Gasteiger charge is 2.13. The van der Waals surface area contributed by atoms with Gasteiger partial charge in [-0.25, -0.2) is 0 Å². The lowest BCUT2D eigenvalue weighted by atomic mass is 10.1. The van der Waals surface area contributed by atoms with Crippen molar-refractivity contribution >= 4 is 11.8 Å². The number of aliphatic hydroxyl groups excluding tert-OH is 1. The molecule has 0 amide bonds. The Morgan fingerprint density at radius 1 is 1.22 bits per heavy atom. The summed E-state index contributed by atoms with van der Waals surface area (Å²) in [5.74, 6) is 0. The topological polar surface area (TPSA) is 32.3 Å². The van der Waals surface area contributed by atoms with Crippen molar-refractivity contribution in [1.82, 2.24) is 5.32 Å². The Labute approximate surface area is 115 Å². The lowest BCUT2D eigenvalue weighted by molar-refractivity contribution is 0.276. The molecule has 102 valence electrons. The molecule has 3 heteroatoms. The van der Waals surface area contributed by atoms with Gasteiger partial charge in [-0.1, -0.05) is 30.3 Å².